The molecule has 3 heteroatoms. The molecule has 1 aliphatic rings. The third kappa shape index (κ3) is 1.86. The zero-order valence-corrected chi connectivity index (χ0v) is 10.1. The van der Waals surface area contributed by atoms with E-state index in [-0.39, 0.29) is 11.2 Å². The van der Waals surface area contributed by atoms with Crippen molar-refractivity contribution in [2.45, 2.75) is 19.3 Å². The SMILES string of the molecule is NCC1(C(=O)c2cccc(Br)c2)CCC1. The van der Waals surface area contributed by atoms with Crippen LogP contribution in [0.2, 0.25) is 0 Å². The van der Waals surface area contributed by atoms with Gasteiger partial charge in [-0.2, -0.15) is 0 Å². The van der Waals surface area contributed by atoms with Gasteiger partial charge in [0.05, 0.1) is 0 Å². The van der Waals surface area contributed by atoms with E-state index in [0.29, 0.717) is 6.54 Å². The highest BCUT2D eigenvalue weighted by Gasteiger charge is 2.42. The number of carbonyl (C=O) groups excluding carboxylic acids is 1. The first-order valence-electron chi connectivity index (χ1n) is 5.18. The van der Waals surface area contributed by atoms with E-state index in [0.717, 1.165) is 29.3 Å². The maximum absolute atomic E-state index is 12.2. The highest BCUT2D eigenvalue weighted by Crippen LogP contribution is 2.42. The minimum Gasteiger partial charge on any atom is -0.329 e. The van der Waals surface area contributed by atoms with E-state index < -0.39 is 0 Å². The summed E-state index contributed by atoms with van der Waals surface area (Å²) in [4.78, 5) is 12.2. The van der Waals surface area contributed by atoms with Crippen LogP contribution in [0.4, 0.5) is 0 Å². The molecule has 0 unspecified atom stereocenters. The summed E-state index contributed by atoms with van der Waals surface area (Å²) in [5.41, 5.74) is 6.22. The molecule has 0 radical (unpaired) electrons. The summed E-state index contributed by atoms with van der Waals surface area (Å²) in [6.45, 7) is 0.471. The molecule has 1 aliphatic carbocycles. The van der Waals surface area contributed by atoms with Crippen LogP contribution in [0.5, 0.6) is 0 Å². The Morgan fingerprint density at radius 3 is 2.67 bits per heavy atom. The number of nitrogens with two attached hydrogens (primary N) is 1. The van der Waals surface area contributed by atoms with E-state index in [2.05, 4.69) is 15.9 Å². The monoisotopic (exact) mass is 267 g/mol. The van der Waals surface area contributed by atoms with Gasteiger partial charge in [0.1, 0.15) is 0 Å². The molecule has 1 aromatic carbocycles. The van der Waals surface area contributed by atoms with Crippen LogP contribution in [-0.4, -0.2) is 12.3 Å². The fourth-order valence-corrected chi connectivity index (χ4v) is 2.46. The molecule has 1 aromatic rings. The number of carbonyl (C=O) groups is 1. The third-order valence-electron chi connectivity index (χ3n) is 3.27. The van der Waals surface area contributed by atoms with Crippen LogP contribution in [0.3, 0.4) is 0 Å². The Hall–Kier alpha value is -0.670. The first kappa shape index (κ1) is 10.8. The van der Waals surface area contributed by atoms with Gasteiger partial charge in [0, 0.05) is 22.0 Å². The molecule has 15 heavy (non-hydrogen) atoms. The summed E-state index contributed by atoms with van der Waals surface area (Å²) in [5, 5.41) is 0. The summed E-state index contributed by atoms with van der Waals surface area (Å²) in [6, 6.07) is 7.55. The fourth-order valence-electron chi connectivity index (χ4n) is 2.06. The summed E-state index contributed by atoms with van der Waals surface area (Å²) in [5.74, 6) is 0.206. The smallest absolute Gasteiger partial charge is 0.170 e. The molecule has 2 rings (SSSR count). The topological polar surface area (TPSA) is 43.1 Å². The summed E-state index contributed by atoms with van der Waals surface area (Å²) in [6.07, 6.45) is 3.00. The van der Waals surface area contributed by atoms with Crippen molar-refractivity contribution in [1.29, 1.82) is 0 Å². The summed E-state index contributed by atoms with van der Waals surface area (Å²) < 4.78 is 0.944. The normalized spacial score (nSPS) is 18.3. The van der Waals surface area contributed by atoms with Crippen LogP contribution in [0.25, 0.3) is 0 Å². The Kier molecular flexibility index (Phi) is 2.94. The molecular weight excluding hydrogens is 254 g/mol. The first-order chi connectivity index (χ1) is 7.18. The van der Waals surface area contributed by atoms with Crippen LogP contribution in [-0.2, 0) is 0 Å². The van der Waals surface area contributed by atoms with E-state index in [9.17, 15) is 4.79 Å². The van der Waals surface area contributed by atoms with Crippen molar-refractivity contribution in [3.63, 3.8) is 0 Å². The second-order valence-corrected chi connectivity index (χ2v) is 5.09. The Labute approximate surface area is 98.0 Å². The second kappa shape index (κ2) is 4.06. The highest BCUT2D eigenvalue weighted by molar-refractivity contribution is 9.10. The number of hydrogen-bond donors (Lipinski definition) is 1. The maximum atomic E-state index is 12.2. The molecule has 0 atom stereocenters. The summed E-state index contributed by atoms with van der Waals surface area (Å²) >= 11 is 3.38. The van der Waals surface area contributed by atoms with Gasteiger partial charge in [-0.05, 0) is 25.0 Å². The lowest BCUT2D eigenvalue weighted by molar-refractivity contribution is 0.0636. The van der Waals surface area contributed by atoms with Crippen LogP contribution in [0.1, 0.15) is 29.6 Å². The van der Waals surface area contributed by atoms with Gasteiger partial charge >= 0.3 is 0 Å². The Morgan fingerprint density at radius 1 is 1.47 bits per heavy atom. The molecule has 80 valence electrons. The third-order valence-corrected chi connectivity index (χ3v) is 3.76. The van der Waals surface area contributed by atoms with Crippen molar-refractivity contribution in [3.8, 4) is 0 Å². The number of ketones is 1. The predicted molar refractivity (Wildman–Crippen MR) is 63.8 cm³/mol. The van der Waals surface area contributed by atoms with Crippen LogP contribution in [0.15, 0.2) is 28.7 Å². The molecule has 1 fully saturated rings. The zero-order valence-electron chi connectivity index (χ0n) is 8.50. The van der Waals surface area contributed by atoms with E-state index in [1.54, 1.807) is 0 Å². The van der Waals surface area contributed by atoms with E-state index in [1.165, 1.54) is 0 Å². The van der Waals surface area contributed by atoms with E-state index >= 15 is 0 Å². The molecule has 1 saturated carbocycles. The van der Waals surface area contributed by atoms with Gasteiger partial charge in [-0.1, -0.05) is 34.5 Å². The first-order valence-corrected chi connectivity index (χ1v) is 5.98. The average Bonchev–Trinajstić information content (AvgIpc) is 2.17. The van der Waals surface area contributed by atoms with Crippen LogP contribution in [0, 0.1) is 5.41 Å². The van der Waals surface area contributed by atoms with Gasteiger partial charge in [-0.25, -0.2) is 0 Å². The van der Waals surface area contributed by atoms with Crippen molar-refractivity contribution in [1.82, 2.24) is 0 Å². The predicted octanol–water partition coefficient (Wildman–Crippen LogP) is 2.76. The largest absolute Gasteiger partial charge is 0.329 e. The fraction of sp³-hybridized carbons (Fsp3) is 0.417. The van der Waals surface area contributed by atoms with Crippen molar-refractivity contribution in [2.75, 3.05) is 6.54 Å². The lowest BCUT2D eigenvalue weighted by atomic mass is 9.64. The second-order valence-electron chi connectivity index (χ2n) is 4.18. The average molecular weight is 268 g/mol. The van der Waals surface area contributed by atoms with Gasteiger partial charge in [0.15, 0.2) is 5.78 Å². The molecular formula is C12H14BrNO. The Balaban J connectivity index is 2.27. The number of Topliss-reactive ketones (excluding diaryl/α,β-unsaturated/α-hetero) is 1. The number of benzene rings is 1. The number of rotatable bonds is 3. The standard InChI is InChI=1S/C12H14BrNO/c13-10-4-1-3-9(7-10)11(15)12(8-14)5-2-6-12/h1,3-4,7H,2,5-6,8,14H2. The Morgan fingerprint density at radius 2 is 2.20 bits per heavy atom. The minimum absolute atomic E-state index is 0.206. The molecule has 0 bridgehead atoms. The van der Waals surface area contributed by atoms with E-state index in [4.69, 9.17) is 5.73 Å². The van der Waals surface area contributed by atoms with Gasteiger partial charge < -0.3 is 5.73 Å². The van der Waals surface area contributed by atoms with Gasteiger partial charge in [-0.3, -0.25) is 4.79 Å². The lowest BCUT2D eigenvalue weighted by Crippen LogP contribution is -2.44. The minimum atomic E-state index is -0.263. The molecule has 0 aromatic heterocycles. The Bertz CT molecular complexity index is 379. The molecule has 0 saturated heterocycles. The number of halogens is 1. The molecule has 0 spiro atoms. The van der Waals surface area contributed by atoms with Crippen molar-refractivity contribution >= 4 is 21.7 Å². The lowest BCUT2D eigenvalue weighted by Gasteiger charge is -2.39. The molecule has 0 amide bonds. The van der Waals surface area contributed by atoms with E-state index in [1.807, 2.05) is 24.3 Å². The van der Waals surface area contributed by atoms with Crippen molar-refractivity contribution < 1.29 is 4.79 Å². The van der Waals surface area contributed by atoms with Crippen LogP contribution >= 0.6 is 15.9 Å². The zero-order chi connectivity index (χ0) is 10.9. The molecule has 0 aliphatic heterocycles. The summed E-state index contributed by atoms with van der Waals surface area (Å²) in [7, 11) is 0. The van der Waals surface area contributed by atoms with Gasteiger partial charge in [0.2, 0.25) is 0 Å². The molecule has 2 N–H and O–H groups in total. The number of hydrogen-bond acceptors (Lipinski definition) is 2. The molecule has 0 heterocycles. The van der Waals surface area contributed by atoms with Crippen LogP contribution < -0.4 is 5.73 Å². The molecule has 2 nitrogen and oxygen atoms in total. The quantitative estimate of drug-likeness (QED) is 0.856. The van der Waals surface area contributed by atoms with Gasteiger partial charge in [-0.15, -0.1) is 0 Å². The van der Waals surface area contributed by atoms with Crippen molar-refractivity contribution in [3.05, 3.63) is 34.3 Å². The van der Waals surface area contributed by atoms with Gasteiger partial charge in [0.25, 0.3) is 0 Å². The maximum Gasteiger partial charge on any atom is 0.170 e. The highest BCUT2D eigenvalue weighted by atomic mass is 79.9. The van der Waals surface area contributed by atoms with Crippen molar-refractivity contribution in [2.24, 2.45) is 11.1 Å².